The number of fused-ring (bicyclic) bond motifs is 1. The molecule has 0 spiro atoms. The third kappa shape index (κ3) is 6.24. The van der Waals surface area contributed by atoms with E-state index < -0.39 is 23.8 Å². The summed E-state index contributed by atoms with van der Waals surface area (Å²) in [4.78, 5) is 27.1. The highest BCUT2D eigenvalue weighted by Crippen LogP contribution is 2.30. The van der Waals surface area contributed by atoms with Crippen molar-refractivity contribution < 1.29 is 31.9 Å². The molecule has 1 fully saturated rings. The number of hydrogen-bond acceptors (Lipinski definition) is 6. The highest BCUT2D eigenvalue weighted by molar-refractivity contribution is 6.00. The molecule has 3 aromatic rings. The van der Waals surface area contributed by atoms with E-state index in [1.165, 1.54) is 18.2 Å². The van der Waals surface area contributed by atoms with Crippen molar-refractivity contribution in [1.82, 2.24) is 4.90 Å². The Hall–Kier alpha value is -3.73. The van der Waals surface area contributed by atoms with Crippen LogP contribution in [0.1, 0.15) is 18.4 Å². The largest absolute Gasteiger partial charge is 0.573 e. The minimum absolute atomic E-state index is 0.0876. The van der Waals surface area contributed by atoms with Gasteiger partial charge >= 0.3 is 18.0 Å². The molecule has 0 bridgehead atoms. The third-order valence-corrected chi connectivity index (χ3v) is 5.65. The Bertz CT molecular complexity index is 1270. The molecule has 0 aliphatic carbocycles. The lowest BCUT2D eigenvalue weighted by Gasteiger charge is -2.29. The summed E-state index contributed by atoms with van der Waals surface area (Å²) >= 11 is 0. The van der Waals surface area contributed by atoms with Crippen molar-refractivity contribution in [2.75, 3.05) is 30.8 Å². The minimum Gasteiger partial charge on any atom is -0.490 e. The highest BCUT2D eigenvalue weighted by atomic mass is 19.4. The Kier molecular flexibility index (Phi) is 6.88. The van der Waals surface area contributed by atoms with Crippen LogP contribution in [0, 0.1) is 6.92 Å². The molecule has 0 radical (unpaired) electrons. The summed E-state index contributed by atoms with van der Waals surface area (Å²) in [5, 5.41) is 5.44. The molecule has 4 rings (SSSR count). The number of anilines is 2. The number of carbonyl (C=O) groups excluding carboxylic acids is 1. The van der Waals surface area contributed by atoms with E-state index in [0.29, 0.717) is 22.3 Å². The summed E-state index contributed by atoms with van der Waals surface area (Å²) in [5.74, 6) is 0.222. The molecule has 35 heavy (non-hydrogen) atoms. The quantitative estimate of drug-likeness (QED) is 0.482. The Balaban J connectivity index is 1.44. The van der Waals surface area contributed by atoms with Crippen molar-refractivity contribution in [2.24, 2.45) is 0 Å². The molecule has 186 valence electrons. The molecule has 8 nitrogen and oxygen atoms in total. The van der Waals surface area contributed by atoms with E-state index >= 15 is 0 Å². The molecule has 0 saturated carbocycles. The molecule has 11 heteroatoms. The lowest BCUT2D eigenvalue weighted by Crippen LogP contribution is -2.35. The van der Waals surface area contributed by atoms with Gasteiger partial charge in [0.15, 0.2) is 0 Å². The van der Waals surface area contributed by atoms with Crippen LogP contribution in [0.25, 0.3) is 11.0 Å². The fourth-order valence-corrected chi connectivity index (χ4v) is 3.83. The number of urea groups is 1. The number of ether oxygens (including phenoxy) is 2. The maximum absolute atomic E-state index is 12.5. The molecule has 1 saturated heterocycles. The second kappa shape index (κ2) is 9.87. The zero-order valence-corrected chi connectivity index (χ0v) is 19.1. The fourth-order valence-electron chi connectivity index (χ4n) is 3.83. The van der Waals surface area contributed by atoms with Crippen LogP contribution in [0.4, 0.5) is 29.3 Å². The number of halogens is 3. The zero-order valence-electron chi connectivity index (χ0n) is 19.1. The summed E-state index contributed by atoms with van der Waals surface area (Å²) in [6, 6.07) is 8.87. The van der Waals surface area contributed by atoms with Crippen LogP contribution in [0.3, 0.4) is 0 Å². The van der Waals surface area contributed by atoms with Crippen molar-refractivity contribution in [3.05, 3.63) is 58.4 Å². The number of alkyl halides is 3. The number of benzene rings is 2. The summed E-state index contributed by atoms with van der Waals surface area (Å²) in [5.41, 5.74) is 0.424. The maximum Gasteiger partial charge on any atom is 0.573 e. The van der Waals surface area contributed by atoms with Crippen molar-refractivity contribution in [3.63, 3.8) is 0 Å². The van der Waals surface area contributed by atoms with Crippen LogP contribution >= 0.6 is 0 Å². The van der Waals surface area contributed by atoms with E-state index in [2.05, 4.69) is 27.3 Å². The predicted molar refractivity (Wildman–Crippen MR) is 124 cm³/mol. The number of rotatable bonds is 5. The van der Waals surface area contributed by atoms with Gasteiger partial charge < -0.3 is 29.4 Å². The SMILES string of the molecule is Cc1c(OC2CCN(C)CC2)ccc2cc(NC(=O)Nc3ccc(OC(F)(F)F)cc3)c(=O)oc12. The van der Waals surface area contributed by atoms with Crippen molar-refractivity contribution in [1.29, 1.82) is 0 Å². The first kappa shape index (κ1) is 24.4. The molecule has 2 aromatic carbocycles. The normalized spacial score (nSPS) is 15.1. The zero-order chi connectivity index (χ0) is 25.2. The maximum atomic E-state index is 12.5. The topological polar surface area (TPSA) is 93.0 Å². The average Bonchev–Trinajstić information content (AvgIpc) is 2.79. The standard InChI is InChI=1S/C24H24F3N3O5/c1-14-20(33-17-9-11-30(2)12-10-17)8-3-15-13-19(22(31)34-21(14)15)29-23(32)28-16-4-6-18(7-5-16)35-24(25,26)27/h3-8,13,17H,9-12H2,1-2H3,(H2,28,29,32). The van der Waals surface area contributed by atoms with E-state index in [1.807, 2.05) is 13.0 Å². The number of amides is 2. The van der Waals surface area contributed by atoms with Crippen LogP contribution in [0.2, 0.25) is 0 Å². The number of carbonyl (C=O) groups is 1. The predicted octanol–water partition coefficient (Wildman–Crippen LogP) is 5.12. The molecular weight excluding hydrogens is 467 g/mol. The highest BCUT2D eigenvalue weighted by Gasteiger charge is 2.31. The smallest absolute Gasteiger partial charge is 0.490 e. The third-order valence-electron chi connectivity index (χ3n) is 5.65. The van der Waals surface area contributed by atoms with Gasteiger partial charge in [0.1, 0.15) is 28.9 Å². The number of piperidine rings is 1. The molecule has 1 aliphatic heterocycles. The average molecular weight is 491 g/mol. The van der Waals surface area contributed by atoms with Crippen LogP contribution < -0.4 is 25.7 Å². The van der Waals surface area contributed by atoms with E-state index in [9.17, 15) is 22.8 Å². The number of nitrogens with one attached hydrogen (secondary N) is 2. The van der Waals surface area contributed by atoms with Gasteiger partial charge in [0.05, 0.1) is 0 Å². The van der Waals surface area contributed by atoms with Gasteiger partial charge in [-0.25, -0.2) is 9.59 Å². The number of likely N-dealkylation sites (tertiary alicyclic amines) is 1. The first-order chi connectivity index (χ1) is 16.6. The summed E-state index contributed by atoms with van der Waals surface area (Å²) in [6.07, 6.45) is -2.90. The molecule has 2 N–H and O–H groups in total. The van der Waals surface area contributed by atoms with Crippen LogP contribution in [-0.4, -0.2) is 43.5 Å². The molecule has 1 aromatic heterocycles. The second-order valence-corrected chi connectivity index (χ2v) is 8.33. The molecule has 2 amide bonds. The monoisotopic (exact) mass is 491 g/mol. The van der Waals surface area contributed by atoms with Crippen molar-refractivity contribution in [3.8, 4) is 11.5 Å². The van der Waals surface area contributed by atoms with E-state index in [1.54, 1.807) is 6.07 Å². The molecule has 0 unspecified atom stereocenters. The Labute approximate surface area is 198 Å². The fraction of sp³-hybridized carbons (Fsp3) is 0.333. The van der Waals surface area contributed by atoms with Crippen LogP contribution in [-0.2, 0) is 0 Å². The first-order valence-corrected chi connectivity index (χ1v) is 10.9. The summed E-state index contributed by atoms with van der Waals surface area (Å²) in [7, 11) is 2.07. The second-order valence-electron chi connectivity index (χ2n) is 8.33. The minimum atomic E-state index is -4.81. The van der Waals surface area contributed by atoms with Gasteiger partial charge in [-0.1, -0.05) is 0 Å². The van der Waals surface area contributed by atoms with Crippen LogP contribution in [0.5, 0.6) is 11.5 Å². The summed E-state index contributed by atoms with van der Waals surface area (Å²) in [6.45, 7) is 3.71. The van der Waals surface area contributed by atoms with Gasteiger partial charge in [-0.3, -0.25) is 0 Å². The molecule has 1 aliphatic rings. The lowest BCUT2D eigenvalue weighted by atomic mass is 10.1. The van der Waals surface area contributed by atoms with Gasteiger partial charge in [-0.2, -0.15) is 0 Å². The molecule has 2 heterocycles. The Morgan fingerprint density at radius 3 is 2.43 bits per heavy atom. The van der Waals surface area contributed by atoms with Crippen LogP contribution in [0.15, 0.2) is 51.7 Å². The van der Waals surface area contributed by atoms with E-state index in [4.69, 9.17) is 9.15 Å². The first-order valence-electron chi connectivity index (χ1n) is 10.9. The van der Waals surface area contributed by atoms with Gasteiger partial charge in [0, 0.05) is 29.7 Å². The van der Waals surface area contributed by atoms with Gasteiger partial charge in [-0.05, 0) is 69.3 Å². The molecule has 0 atom stereocenters. The summed E-state index contributed by atoms with van der Waals surface area (Å²) < 4.78 is 52.2. The Morgan fingerprint density at radius 2 is 1.77 bits per heavy atom. The number of nitrogens with zero attached hydrogens (tertiary/aromatic N) is 1. The van der Waals surface area contributed by atoms with Gasteiger partial charge in [-0.15, -0.1) is 13.2 Å². The lowest BCUT2D eigenvalue weighted by molar-refractivity contribution is -0.274. The van der Waals surface area contributed by atoms with Crippen molar-refractivity contribution in [2.45, 2.75) is 32.2 Å². The van der Waals surface area contributed by atoms with E-state index in [0.717, 1.165) is 38.1 Å². The molecular formula is C24H24F3N3O5. The Morgan fingerprint density at radius 1 is 1.09 bits per heavy atom. The number of hydrogen-bond donors (Lipinski definition) is 2. The van der Waals surface area contributed by atoms with Gasteiger partial charge in [0.25, 0.3) is 0 Å². The number of aryl methyl sites for hydroxylation is 1. The van der Waals surface area contributed by atoms with Crippen molar-refractivity contribution >= 4 is 28.4 Å². The van der Waals surface area contributed by atoms with Gasteiger partial charge in [0.2, 0.25) is 0 Å². The van der Waals surface area contributed by atoms with E-state index in [-0.39, 0.29) is 17.5 Å².